The molecular formula is C21H29N5O4S. The first-order valence-corrected chi connectivity index (χ1v) is 12.5. The molecule has 0 amide bonds. The first kappa shape index (κ1) is 21.8. The van der Waals surface area contributed by atoms with Gasteiger partial charge >= 0.3 is 0 Å². The Morgan fingerprint density at radius 2 is 2.06 bits per heavy atom. The van der Waals surface area contributed by atoms with Crippen molar-refractivity contribution in [2.24, 2.45) is 5.92 Å². The highest BCUT2D eigenvalue weighted by atomic mass is 32.2. The number of nitrogen functional groups attached to an aromatic ring is 1. The lowest BCUT2D eigenvalue weighted by Gasteiger charge is -2.23. The third-order valence-corrected chi connectivity index (χ3v) is 6.32. The fraction of sp³-hybridized carbons (Fsp3) is 0.524. The van der Waals surface area contributed by atoms with E-state index in [-0.39, 0.29) is 13.2 Å². The van der Waals surface area contributed by atoms with E-state index in [0.29, 0.717) is 17.5 Å². The maximum Gasteiger partial charge on any atom is 0.208 e. The first-order chi connectivity index (χ1) is 14.9. The van der Waals surface area contributed by atoms with Crippen molar-refractivity contribution in [3.05, 3.63) is 24.0 Å². The van der Waals surface area contributed by atoms with Crippen molar-refractivity contribution in [1.29, 1.82) is 0 Å². The summed E-state index contributed by atoms with van der Waals surface area (Å²) in [6.45, 7) is 5.01. The van der Waals surface area contributed by atoms with Gasteiger partial charge in [0.1, 0.15) is 23.7 Å². The van der Waals surface area contributed by atoms with Crippen LogP contribution in [0.3, 0.4) is 0 Å². The molecule has 0 radical (unpaired) electrons. The number of hydrogen-bond acceptors (Lipinski definition) is 7. The molecule has 0 saturated carbocycles. The Bertz CT molecular complexity index is 1190. The van der Waals surface area contributed by atoms with Gasteiger partial charge in [-0.2, -0.15) is 0 Å². The topological polar surface area (TPSA) is 121 Å². The standard InChI is InChI=1S/C21H29N5O4S/c1-3-18-25-19-20(26(18)13-14-6-9-29-10-7-14)16-5-4-15(12-17(16)24-21(19)22)30-11-8-23-31(2,27)28/h4-5,12,14,23H,3,6-11,13H2,1-2H3,(H2,22,24). The average Bonchev–Trinajstić information content (AvgIpc) is 3.10. The fourth-order valence-corrected chi connectivity index (χ4v) is 4.53. The molecule has 3 heterocycles. The van der Waals surface area contributed by atoms with E-state index in [1.807, 2.05) is 18.2 Å². The van der Waals surface area contributed by atoms with Gasteiger partial charge in [-0.25, -0.2) is 23.1 Å². The van der Waals surface area contributed by atoms with Crippen LogP contribution in [0.25, 0.3) is 21.9 Å². The molecule has 0 atom stereocenters. The second-order valence-corrected chi connectivity index (χ2v) is 9.77. The summed E-state index contributed by atoms with van der Waals surface area (Å²) in [7, 11) is -3.24. The van der Waals surface area contributed by atoms with Gasteiger partial charge in [0.15, 0.2) is 5.82 Å². The summed E-state index contributed by atoms with van der Waals surface area (Å²) in [5, 5.41) is 0.977. The minimum atomic E-state index is -3.24. The molecule has 31 heavy (non-hydrogen) atoms. The van der Waals surface area contributed by atoms with Crippen molar-refractivity contribution in [2.45, 2.75) is 32.7 Å². The molecule has 3 aromatic rings. The van der Waals surface area contributed by atoms with Crippen molar-refractivity contribution >= 4 is 37.8 Å². The highest BCUT2D eigenvalue weighted by molar-refractivity contribution is 7.88. The summed E-state index contributed by atoms with van der Waals surface area (Å²) in [6, 6.07) is 5.69. The van der Waals surface area contributed by atoms with Gasteiger partial charge in [-0.1, -0.05) is 6.92 Å². The molecule has 4 rings (SSSR count). The number of rotatable bonds is 8. The number of anilines is 1. The summed E-state index contributed by atoms with van der Waals surface area (Å²) in [5.74, 6) is 2.57. The van der Waals surface area contributed by atoms with E-state index < -0.39 is 10.0 Å². The van der Waals surface area contributed by atoms with Gasteiger partial charge in [-0.3, -0.25) is 0 Å². The molecule has 10 heteroatoms. The molecule has 0 aliphatic carbocycles. The molecule has 9 nitrogen and oxygen atoms in total. The smallest absolute Gasteiger partial charge is 0.208 e. The van der Waals surface area contributed by atoms with Crippen LogP contribution in [0.2, 0.25) is 0 Å². The Labute approximate surface area is 182 Å². The van der Waals surface area contributed by atoms with Gasteiger partial charge < -0.3 is 19.8 Å². The van der Waals surface area contributed by atoms with Crippen molar-refractivity contribution in [3.8, 4) is 5.75 Å². The van der Waals surface area contributed by atoms with E-state index >= 15 is 0 Å². The van der Waals surface area contributed by atoms with Crippen molar-refractivity contribution in [3.63, 3.8) is 0 Å². The Morgan fingerprint density at radius 3 is 2.77 bits per heavy atom. The number of hydrogen-bond donors (Lipinski definition) is 2. The van der Waals surface area contributed by atoms with E-state index in [9.17, 15) is 8.42 Å². The highest BCUT2D eigenvalue weighted by Crippen LogP contribution is 2.32. The average molecular weight is 448 g/mol. The van der Waals surface area contributed by atoms with Crippen LogP contribution in [-0.2, 0) is 27.7 Å². The van der Waals surface area contributed by atoms with Gasteiger partial charge in [-0.05, 0) is 30.9 Å². The van der Waals surface area contributed by atoms with Crippen LogP contribution in [0.1, 0.15) is 25.6 Å². The van der Waals surface area contributed by atoms with Crippen LogP contribution < -0.4 is 15.2 Å². The largest absolute Gasteiger partial charge is 0.492 e. The molecule has 1 fully saturated rings. The number of ether oxygens (including phenoxy) is 2. The summed E-state index contributed by atoms with van der Waals surface area (Å²) < 4.78 is 38.3. The number of aromatic nitrogens is 3. The monoisotopic (exact) mass is 447 g/mol. The summed E-state index contributed by atoms with van der Waals surface area (Å²) in [4.78, 5) is 9.36. The van der Waals surface area contributed by atoms with Crippen LogP contribution in [0.5, 0.6) is 5.75 Å². The Hall–Kier alpha value is -2.43. The van der Waals surface area contributed by atoms with Gasteiger partial charge in [0.25, 0.3) is 0 Å². The summed E-state index contributed by atoms with van der Waals surface area (Å²) >= 11 is 0. The maximum absolute atomic E-state index is 11.2. The van der Waals surface area contributed by atoms with Crippen LogP contribution >= 0.6 is 0 Å². The quantitative estimate of drug-likeness (QED) is 0.507. The van der Waals surface area contributed by atoms with Crippen molar-refractivity contribution in [1.82, 2.24) is 19.3 Å². The number of sulfonamides is 1. The molecule has 1 aliphatic rings. The summed E-state index contributed by atoms with van der Waals surface area (Å²) in [5.41, 5.74) is 8.77. The van der Waals surface area contributed by atoms with E-state index in [0.717, 1.165) is 73.0 Å². The minimum Gasteiger partial charge on any atom is -0.492 e. The number of nitrogens with two attached hydrogens (primary N) is 1. The van der Waals surface area contributed by atoms with Crippen LogP contribution in [-0.4, -0.2) is 55.6 Å². The normalized spacial score (nSPS) is 15.7. The lowest BCUT2D eigenvalue weighted by atomic mass is 10.00. The molecule has 3 N–H and O–H groups in total. The third-order valence-electron chi connectivity index (χ3n) is 5.59. The van der Waals surface area contributed by atoms with Crippen molar-refractivity contribution < 1.29 is 17.9 Å². The number of fused-ring (bicyclic) bond motifs is 3. The van der Waals surface area contributed by atoms with E-state index in [1.165, 1.54) is 0 Å². The molecule has 1 aliphatic heterocycles. The van der Waals surface area contributed by atoms with Crippen LogP contribution in [0, 0.1) is 5.92 Å². The lowest BCUT2D eigenvalue weighted by Crippen LogP contribution is -2.26. The van der Waals surface area contributed by atoms with Gasteiger partial charge in [0.05, 0.1) is 17.3 Å². The molecular weight excluding hydrogens is 418 g/mol. The molecule has 1 saturated heterocycles. The van der Waals surface area contributed by atoms with E-state index in [4.69, 9.17) is 20.2 Å². The predicted molar refractivity (Wildman–Crippen MR) is 121 cm³/mol. The Kier molecular flexibility index (Phi) is 6.31. The number of pyridine rings is 1. The zero-order valence-electron chi connectivity index (χ0n) is 17.9. The van der Waals surface area contributed by atoms with E-state index in [2.05, 4.69) is 21.2 Å². The Morgan fingerprint density at radius 1 is 1.29 bits per heavy atom. The van der Waals surface area contributed by atoms with E-state index in [1.54, 1.807) is 0 Å². The zero-order valence-corrected chi connectivity index (χ0v) is 18.7. The zero-order chi connectivity index (χ0) is 22.0. The third kappa shape index (κ3) is 4.91. The lowest BCUT2D eigenvalue weighted by molar-refractivity contribution is 0.0614. The predicted octanol–water partition coefficient (Wildman–Crippen LogP) is 2.08. The molecule has 0 spiro atoms. The van der Waals surface area contributed by atoms with Crippen LogP contribution in [0.15, 0.2) is 18.2 Å². The highest BCUT2D eigenvalue weighted by Gasteiger charge is 2.21. The van der Waals surface area contributed by atoms with Crippen molar-refractivity contribution in [2.75, 3.05) is 38.4 Å². The van der Waals surface area contributed by atoms with Gasteiger partial charge in [0, 0.05) is 44.2 Å². The number of nitrogens with zero attached hydrogens (tertiary/aromatic N) is 3. The Balaban J connectivity index is 1.67. The molecule has 2 aromatic heterocycles. The number of nitrogens with one attached hydrogen (secondary N) is 1. The maximum atomic E-state index is 11.2. The molecule has 0 bridgehead atoms. The number of benzene rings is 1. The van der Waals surface area contributed by atoms with Crippen LogP contribution in [0.4, 0.5) is 5.82 Å². The fourth-order valence-electron chi connectivity index (χ4n) is 4.08. The molecule has 0 unspecified atom stereocenters. The minimum absolute atomic E-state index is 0.198. The first-order valence-electron chi connectivity index (χ1n) is 10.6. The number of imidazole rings is 1. The molecule has 1 aromatic carbocycles. The molecule has 168 valence electrons. The second kappa shape index (κ2) is 8.97. The summed E-state index contributed by atoms with van der Waals surface area (Å²) in [6.07, 6.45) is 4.02. The SMILES string of the molecule is CCc1nc2c(N)nc3cc(OCCNS(C)(=O)=O)ccc3c2n1CC1CCOCC1. The second-order valence-electron chi connectivity index (χ2n) is 7.94. The van der Waals surface area contributed by atoms with Gasteiger partial charge in [0.2, 0.25) is 10.0 Å². The van der Waals surface area contributed by atoms with Gasteiger partial charge in [-0.15, -0.1) is 0 Å². The number of aryl methyl sites for hydroxylation is 1.